The van der Waals surface area contributed by atoms with Gasteiger partial charge in [-0.2, -0.15) is 13.2 Å². The number of nitrogens with one attached hydrogen (secondary N) is 1. The van der Waals surface area contributed by atoms with Gasteiger partial charge in [-0.3, -0.25) is 4.79 Å². The molecule has 0 saturated heterocycles. The highest BCUT2D eigenvalue weighted by Gasteiger charge is 2.30. The van der Waals surface area contributed by atoms with Crippen LogP contribution in [0.15, 0.2) is 41.0 Å². The lowest BCUT2D eigenvalue weighted by molar-refractivity contribution is -0.137. The first kappa shape index (κ1) is 17.9. The second-order valence-electron chi connectivity index (χ2n) is 5.09. The summed E-state index contributed by atoms with van der Waals surface area (Å²) in [6, 6.07) is 5.84. The van der Waals surface area contributed by atoms with Crippen LogP contribution in [0.25, 0.3) is 0 Å². The van der Waals surface area contributed by atoms with E-state index in [1.165, 1.54) is 24.5 Å². The van der Waals surface area contributed by atoms with Gasteiger partial charge in [-0.15, -0.1) is 0 Å². The number of aliphatic hydroxyl groups excluding tert-OH is 1. The van der Waals surface area contributed by atoms with E-state index in [2.05, 4.69) is 5.32 Å². The minimum atomic E-state index is -4.46. The number of benzene rings is 1. The summed E-state index contributed by atoms with van der Waals surface area (Å²) in [5, 5.41) is 12.3. The van der Waals surface area contributed by atoms with E-state index in [0.717, 1.165) is 12.1 Å². The summed E-state index contributed by atoms with van der Waals surface area (Å²) in [5.74, 6) is 0.0162. The van der Waals surface area contributed by atoms with E-state index in [0.29, 0.717) is 11.3 Å². The maximum Gasteiger partial charge on any atom is 0.416 e. The SMILES string of the molecule is Cc1occc1C(=O)NCC(O)COc1cccc(C(F)(F)F)c1. The number of aryl methyl sites for hydroxylation is 1. The van der Waals surface area contributed by atoms with Gasteiger partial charge >= 0.3 is 6.18 Å². The lowest BCUT2D eigenvalue weighted by Crippen LogP contribution is -2.35. The molecule has 130 valence electrons. The highest BCUT2D eigenvalue weighted by molar-refractivity contribution is 5.95. The fourth-order valence-electron chi connectivity index (χ4n) is 1.94. The molecule has 0 radical (unpaired) electrons. The first-order chi connectivity index (χ1) is 11.3. The minimum Gasteiger partial charge on any atom is -0.491 e. The van der Waals surface area contributed by atoms with Crippen LogP contribution in [0, 0.1) is 6.92 Å². The van der Waals surface area contributed by atoms with Crippen molar-refractivity contribution >= 4 is 5.91 Å². The summed E-state index contributed by atoms with van der Waals surface area (Å²) in [6.07, 6.45) is -4.16. The van der Waals surface area contributed by atoms with Crippen molar-refractivity contribution < 1.29 is 32.2 Å². The van der Waals surface area contributed by atoms with Gasteiger partial charge in [0, 0.05) is 6.54 Å². The number of furan rings is 1. The van der Waals surface area contributed by atoms with Crippen molar-refractivity contribution in [1.82, 2.24) is 5.32 Å². The van der Waals surface area contributed by atoms with E-state index < -0.39 is 23.8 Å². The zero-order valence-corrected chi connectivity index (χ0v) is 12.8. The number of amides is 1. The fraction of sp³-hybridized carbons (Fsp3) is 0.312. The predicted octanol–water partition coefficient (Wildman–Crippen LogP) is 2.78. The first-order valence-corrected chi connectivity index (χ1v) is 7.08. The number of hydrogen-bond donors (Lipinski definition) is 2. The van der Waals surface area contributed by atoms with E-state index in [1.54, 1.807) is 6.92 Å². The van der Waals surface area contributed by atoms with Crippen molar-refractivity contribution in [2.45, 2.75) is 19.2 Å². The molecule has 24 heavy (non-hydrogen) atoms. The Morgan fingerprint density at radius 3 is 2.75 bits per heavy atom. The molecule has 1 aromatic heterocycles. The molecule has 1 atom stereocenters. The summed E-state index contributed by atoms with van der Waals surface area (Å²) in [6.45, 7) is 1.26. The molecule has 5 nitrogen and oxygen atoms in total. The van der Waals surface area contributed by atoms with Crippen LogP contribution < -0.4 is 10.1 Å². The van der Waals surface area contributed by atoms with Crippen LogP contribution in [0.4, 0.5) is 13.2 Å². The maximum atomic E-state index is 12.6. The van der Waals surface area contributed by atoms with Gasteiger partial charge < -0.3 is 19.6 Å². The van der Waals surface area contributed by atoms with Gasteiger partial charge in [0.05, 0.1) is 17.4 Å². The Labute approximate surface area is 136 Å². The number of halogens is 3. The molecule has 8 heteroatoms. The van der Waals surface area contributed by atoms with Gasteiger partial charge in [-0.05, 0) is 31.2 Å². The summed E-state index contributed by atoms with van der Waals surface area (Å²) >= 11 is 0. The second-order valence-corrected chi connectivity index (χ2v) is 5.09. The highest BCUT2D eigenvalue weighted by atomic mass is 19.4. The topological polar surface area (TPSA) is 71.7 Å². The summed E-state index contributed by atoms with van der Waals surface area (Å²) in [7, 11) is 0. The molecular formula is C16H16F3NO4. The van der Waals surface area contributed by atoms with Gasteiger partial charge in [0.25, 0.3) is 5.91 Å². The number of hydrogen-bond acceptors (Lipinski definition) is 4. The minimum absolute atomic E-state index is 0.0131. The molecule has 0 aliphatic rings. The van der Waals surface area contributed by atoms with E-state index in [1.807, 2.05) is 0 Å². The Hall–Kier alpha value is -2.48. The smallest absolute Gasteiger partial charge is 0.416 e. The number of aliphatic hydroxyl groups is 1. The Balaban J connectivity index is 1.82. The predicted molar refractivity (Wildman–Crippen MR) is 78.7 cm³/mol. The zero-order valence-electron chi connectivity index (χ0n) is 12.8. The summed E-state index contributed by atoms with van der Waals surface area (Å²) < 4.78 is 47.9. The molecule has 2 rings (SSSR count). The third kappa shape index (κ3) is 4.76. The Kier molecular flexibility index (Phi) is 5.50. The number of rotatable bonds is 6. The molecule has 0 aliphatic heterocycles. The van der Waals surface area contributed by atoms with Crippen molar-refractivity contribution in [3.8, 4) is 5.75 Å². The quantitative estimate of drug-likeness (QED) is 0.846. The third-order valence-electron chi connectivity index (χ3n) is 3.21. The van der Waals surface area contributed by atoms with Crippen LogP contribution in [0.5, 0.6) is 5.75 Å². The summed E-state index contributed by atoms with van der Waals surface area (Å²) in [5.41, 5.74) is -0.487. The number of alkyl halides is 3. The molecule has 1 unspecified atom stereocenters. The van der Waals surface area contributed by atoms with Crippen molar-refractivity contribution in [3.63, 3.8) is 0 Å². The van der Waals surface area contributed by atoms with E-state index in [9.17, 15) is 23.1 Å². The van der Waals surface area contributed by atoms with Crippen LogP contribution in [-0.2, 0) is 6.18 Å². The molecular weight excluding hydrogens is 327 g/mol. The number of carbonyl (C=O) groups is 1. The number of ether oxygens (including phenoxy) is 1. The monoisotopic (exact) mass is 343 g/mol. The van der Waals surface area contributed by atoms with Crippen molar-refractivity contribution in [3.05, 3.63) is 53.5 Å². The molecule has 0 bridgehead atoms. The van der Waals surface area contributed by atoms with E-state index >= 15 is 0 Å². The van der Waals surface area contributed by atoms with Crippen LogP contribution >= 0.6 is 0 Å². The summed E-state index contributed by atoms with van der Waals surface area (Å²) in [4.78, 5) is 11.8. The highest BCUT2D eigenvalue weighted by Crippen LogP contribution is 2.31. The fourth-order valence-corrected chi connectivity index (χ4v) is 1.94. The molecule has 1 heterocycles. The van der Waals surface area contributed by atoms with Gasteiger partial charge in [0.2, 0.25) is 0 Å². The zero-order chi connectivity index (χ0) is 17.7. The average molecular weight is 343 g/mol. The Bertz CT molecular complexity index is 697. The van der Waals surface area contributed by atoms with E-state index in [-0.39, 0.29) is 18.9 Å². The van der Waals surface area contributed by atoms with Crippen molar-refractivity contribution in [2.75, 3.05) is 13.2 Å². The molecule has 1 amide bonds. The molecule has 0 aliphatic carbocycles. The van der Waals surface area contributed by atoms with Crippen LogP contribution in [-0.4, -0.2) is 30.3 Å². The first-order valence-electron chi connectivity index (χ1n) is 7.08. The molecule has 2 aromatic rings. The molecule has 0 spiro atoms. The number of carbonyl (C=O) groups excluding carboxylic acids is 1. The van der Waals surface area contributed by atoms with Gasteiger partial charge in [-0.1, -0.05) is 6.07 Å². The van der Waals surface area contributed by atoms with Gasteiger partial charge in [0.1, 0.15) is 24.2 Å². The van der Waals surface area contributed by atoms with Crippen LogP contribution in [0.2, 0.25) is 0 Å². The second kappa shape index (κ2) is 7.39. The molecule has 2 N–H and O–H groups in total. The maximum absolute atomic E-state index is 12.6. The largest absolute Gasteiger partial charge is 0.491 e. The molecule has 0 saturated carbocycles. The third-order valence-corrected chi connectivity index (χ3v) is 3.21. The lowest BCUT2D eigenvalue weighted by atomic mass is 10.2. The average Bonchev–Trinajstić information content (AvgIpc) is 2.96. The normalized spacial score (nSPS) is 12.7. The van der Waals surface area contributed by atoms with Crippen molar-refractivity contribution in [2.24, 2.45) is 0 Å². The van der Waals surface area contributed by atoms with Gasteiger partial charge in [0.15, 0.2) is 0 Å². The molecule has 1 aromatic carbocycles. The Morgan fingerprint density at radius 2 is 2.12 bits per heavy atom. The van der Waals surface area contributed by atoms with Crippen LogP contribution in [0.1, 0.15) is 21.7 Å². The Morgan fingerprint density at radius 1 is 1.38 bits per heavy atom. The van der Waals surface area contributed by atoms with Gasteiger partial charge in [-0.25, -0.2) is 0 Å². The van der Waals surface area contributed by atoms with E-state index in [4.69, 9.17) is 9.15 Å². The molecule has 0 fully saturated rings. The van der Waals surface area contributed by atoms with Crippen LogP contribution in [0.3, 0.4) is 0 Å². The van der Waals surface area contributed by atoms with Crippen molar-refractivity contribution in [1.29, 1.82) is 0 Å². The standard InChI is InChI=1S/C16H16F3NO4/c1-10-14(5-6-23-10)15(22)20-8-12(21)9-24-13-4-2-3-11(7-13)16(17,18)19/h2-7,12,21H,8-9H2,1H3,(H,20,22). The lowest BCUT2D eigenvalue weighted by Gasteiger charge is -2.14.